The zero-order chi connectivity index (χ0) is 31.1. The van der Waals surface area contributed by atoms with Gasteiger partial charge in [-0.2, -0.15) is 0 Å². The van der Waals surface area contributed by atoms with Crippen molar-refractivity contribution in [3.05, 3.63) is 72.1 Å². The van der Waals surface area contributed by atoms with E-state index in [1.54, 1.807) is 12.4 Å². The van der Waals surface area contributed by atoms with E-state index in [9.17, 15) is 29.1 Å². The summed E-state index contributed by atoms with van der Waals surface area (Å²) in [6, 6.07) is 10.9. The third-order valence-electron chi connectivity index (χ3n) is 7.11. The molecule has 4 aromatic rings. The predicted octanol–water partition coefficient (Wildman–Crippen LogP) is 0.457. The number of carboxylic acid groups (broad SMARTS) is 1. The molecule has 226 valence electrons. The van der Waals surface area contributed by atoms with Crippen LogP contribution in [-0.2, 0) is 36.8 Å². The zero-order valence-corrected chi connectivity index (χ0v) is 23.8. The van der Waals surface area contributed by atoms with E-state index in [1.165, 1.54) is 13.8 Å². The number of fused-ring (bicyclic) bond motifs is 2. The van der Waals surface area contributed by atoms with Crippen molar-refractivity contribution >= 4 is 51.4 Å². The van der Waals surface area contributed by atoms with Crippen LogP contribution in [0.25, 0.3) is 21.8 Å². The molecule has 4 rings (SSSR count). The average Bonchev–Trinajstić information content (AvgIpc) is 3.59. The van der Waals surface area contributed by atoms with Crippen LogP contribution in [0.2, 0.25) is 0 Å². The van der Waals surface area contributed by atoms with E-state index < -0.39 is 60.3 Å². The van der Waals surface area contributed by atoms with Crippen LogP contribution in [0.3, 0.4) is 0 Å². The van der Waals surface area contributed by atoms with Gasteiger partial charge in [0.25, 0.3) is 0 Å². The van der Waals surface area contributed by atoms with Crippen LogP contribution in [0.5, 0.6) is 0 Å². The third-order valence-corrected chi connectivity index (χ3v) is 7.11. The summed E-state index contributed by atoms with van der Waals surface area (Å²) in [6.45, 7) is 2.38. The molecule has 13 nitrogen and oxygen atoms in total. The second-order valence-electron chi connectivity index (χ2n) is 10.4. The number of carbonyl (C=O) groups is 5. The Hall–Kier alpha value is -5.17. The van der Waals surface area contributed by atoms with Gasteiger partial charge in [-0.3, -0.25) is 19.2 Å². The number of carboxylic acids is 1. The van der Waals surface area contributed by atoms with E-state index in [2.05, 4.69) is 31.2 Å². The number of aromatic nitrogens is 2. The number of nitrogens with one attached hydrogen (secondary N) is 6. The van der Waals surface area contributed by atoms with Crippen LogP contribution < -0.4 is 27.0 Å². The minimum Gasteiger partial charge on any atom is -0.480 e. The maximum atomic E-state index is 12.6. The van der Waals surface area contributed by atoms with Crippen LogP contribution in [0.1, 0.15) is 25.0 Å². The number of H-pyrrole nitrogens is 2. The highest BCUT2D eigenvalue weighted by Gasteiger charge is 2.25. The van der Waals surface area contributed by atoms with Gasteiger partial charge in [0.1, 0.15) is 18.1 Å². The fourth-order valence-electron chi connectivity index (χ4n) is 4.71. The van der Waals surface area contributed by atoms with Gasteiger partial charge >= 0.3 is 5.97 Å². The minimum atomic E-state index is -1.22. The Morgan fingerprint density at radius 3 is 1.84 bits per heavy atom. The van der Waals surface area contributed by atoms with Gasteiger partial charge in [-0.1, -0.05) is 36.4 Å². The molecule has 4 amide bonds. The summed E-state index contributed by atoms with van der Waals surface area (Å²) in [6.07, 6.45) is 3.79. The van der Waals surface area contributed by atoms with E-state index in [4.69, 9.17) is 5.73 Å². The molecule has 0 aliphatic heterocycles. The molecular weight excluding hydrogens is 554 g/mol. The molecule has 0 saturated carbocycles. The lowest BCUT2D eigenvalue weighted by atomic mass is 10.0. The van der Waals surface area contributed by atoms with E-state index in [0.717, 1.165) is 32.9 Å². The number of para-hydroxylation sites is 2. The van der Waals surface area contributed by atoms with Crippen LogP contribution in [0.15, 0.2) is 60.9 Å². The standard InChI is InChI=1S/C30H35N7O6/c1-16(35-28(40)17(2)36-29(41)22(31)11-18-13-32-23-9-5-3-7-20(18)23)27(39)34-15-26(38)37-25(30(42)43)12-19-14-33-24-10-6-4-8-21(19)24/h3-10,13-14,16-17,22,25,32-33H,11-12,15,31H2,1-2H3,(H,34,39)(H,35,40)(H,36,41)(H,37,38)(H,42,43)/t16-,17-,22-,25-/m0/s1. The Balaban J connectivity index is 1.21. The summed E-state index contributed by atoms with van der Waals surface area (Å²) >= 11 is 0. The highest BCUT2D eigenvalue weighted by molar-refractivity contribution is 5.94. The summed E-state index contributed by atoms with van der Waals surface area (Å²) in [5.41, 5.74) is 9.45. The molecule has 2 aromatic heterocycles. The van der Waals surface area contributed by atoms with E-state index in [1.807, 2.05) is 48.5 Å². The Morgan fingerprint density at radius 2 is 1.26 bits per heavy atom. The molecule has 9 N–H and O–H groups in total. The second-order valence-corrected chi connectivity index (χ2v) is 10.4. The molecule has 0 spiro atoms. The lowest BCUT2D eigenvalue weighted by Crippen LogP contribution is -2.55. The fraction of sp³-hybridized carbons (Fsp3) is 0.300. The number of rotatable bonds is 13. The molecule has 0 aliphatic carbocycles. The van der Waals surface area contributed by atoms with E-state index in [-0.39, 0.29) is 12.8 Å². The Kier molecular flexibility index (Phi) is 9.78. The summed E-state index contributed by atoms with van der Waals surface area (Å²) in [5, 5.41) is 21.3. The fourth-order valence-corrected chi connectivity index (χ4v) is 4.71. The average molecular weight is 590 g/mol. The van der Waals surface area contributed by atoms with Gasteiger partial charge in [-0.25, -0.2) is 4.79 Å². The lowest BCUT2D eigenvalue weighted by molar-refractivity contribution is -0.141. The molecule has 0 aliphatic rings. The number of carbonyl (C=O) groups excluding carboxylic acids is 4. The predicted molar refractivity (Wildman–Crippen MR) is 160 cm³/mol. The van der Waals surface area contributed by atoms with Crippen LogP contribution in [-0.4, -0.2) is 75.4 Å². The number of hydrogen-bond acceptors (Lipinski definition) is 6. The van der Waals surface area contributed by atoms with Crippen LogP contribution in [0, 0.1) is 0 Å². The molecule has 2 aromatic carbocycles. The molecule has 13 heteroatoms. The molecule has 0 radical (unpaired) electrons. The van der Waals surface area contributed by atoms with Gasteiger partial charge in [-0.15, -0.1) is 0 Å². The summed E-state index contributed by atoms with van der Waals surface area (Å²) in [4.78, 5) is 68.1. The van der Waals surface area contributed by atoms with Crippen molar-refractivity contribution in [1.29, 1.82) is 0 Å². The quantitative estimate of drug-likeness (QED) is 0.110. The first-order valence-electron chi connectivity index (χ1n) is 13.8. The van der Waals surface area contributed by atoms with Gasteiger partial charge in [0, 0.05) is 40.6 Å². The summed E-state index contributed by atoms with van der Waals surface area (Å²) < 4.78 is 0. The summed E-state index contributed by atoms with van der Waals surface area (Å²) in [5.74, 6) is -3.74. The molecule has 0 fully saturated rings. The van der Waals surface area contributed by atoms with Gasteiger partial charge in [-0.05, 0) is 43.5 Å². The van der Waals surface area contributed by atoms with Crippen LogP contribution in [0.4, 0.5) is 0 Å². The number of amides is 4. The summed E-state index contributed by atoms with van der Waals surface area (Å²) in [7, 11) is 0. The first-order chi connectivity index (χ1) is 20.5. The number of aromatic amines is 2. The van der Waals surface area contributed by atoms with E-state index in [0.29, 0.717) is 0 Å². The van der Waals surface area contributed by atoms with Crippen molar-refractivity contribution in [1.82, 2.24) is 31.2 Å². The van der Waals surface area contributed by atoms with Gasteiger partial charge in [0.2, 0.25) is 23.6 Å². The Morgan fingerprint density at radius 1 is 0.744 bits per heavy atom. The topological polar surface area (TPSA) is 211 Å². The van der Waals surface area contributed by atoms with Gasteiger partial charge in [0.15, 0.2) is 0 Å². The molecule has 43 heavy (non-hydrogen) atoms. The van der Waals surface area contributed by atoms with Crippen LogP contribution >= 0.6 is 0 Å². The molecule has 0 unspecified atom stereocenters. The number of hydrogen-bond donors (Lipinski definition) is 8. The van der Waals surface area contributed by atoms with E-state index >= 15 is 0 Å². The van der Waals surface area contributed by atoms with Gasteiger partial charge in [0.05, 0.1) is 12.6 Å². The number of nitrogens with two attached hydrogens (primary N) is 1. The Labute approximate surface area is 247 Å². The highest BCUT2D eigenvalue weighted by atomic mass is 16.4. The smallest absolute Gasteiger partial charge is 0.326 e. The van der Waals surface area contributed by atoms with Crippen molar-refractivity contribution < 1.29 is 29.1 Å². The van der Waals surface area contributed by atoms with Crippen molar-refractivity contribution in [3.63, 3.8) is 0 Å². The molecule has 0 bridgehead atoms. The number of aliphatic carboxylic acids is 1. The first-order valence-corrected chi connectivity index (χ1v) is 13.8. The molecular formula is C30H35N7O6. The van der Waals surface area contributed by atoms with Gasteiger partial charge < -0.3 is 42.1 Å². The maximum absolute atomic E-state index is 12.6. The number of benzene rings is 2. The Bertz CT molecular complexity index is 1640. The largest absolute Gasteiger partial charge is 0.480 e. The minimum absolute atomic E-state index is 0.0422. The molecule has 0 saturated heterocycles. The monoisotopic (exact) mass is 589 g/mol. The maximum Gasteiger partial charge on any atom is 0.326 e. The zero-order valence-electron chi connectivity index (χ0n) is 23.8. The molecule has 2 heterocycles. The highest BCUT2D eigenvalue weighted by Crippen LogP contribution is 2.20. The van der Waals surface area contributed by atoms with Crippen molar-refractivity contribution in [2.45, 2.75) is 50.9 Å². The SMILES string of the molecule is C[C@H](NC(=O)[C@H](C)NC(=O)[C@@H](N)Cc1c[nH]c2ccccc12)C(=O)NCC(=O)N[C@@H](Cc1c[nH]c2ccccc12)C(=O)O. The first kappa shape index (κ1) is 30.8. The normalized spacial score (nSPS) is 13.9. The molecule has 4 atom stereocenters. The van der Waals surface area contributed by atoms with Crippen molar-refractivity contribution in [3.8, 4) is 0 Å². The third kappa shape index (κ3) is 7.77. The second kappa shape index (κ2) is 13.7. The van der Waals surface area contributed by atoms with Crippen molar-refractivity contribution in [2.75, 3.05) is 6.54 Å². The lowest BCUT2D eigenvalue weighted by Gasteiger charge is -2.20. The van der Waals surface area contributed by atoms with Crippen molar-refractivity contribution in [2.24, 2.45) is 5.73 Å².